The van der Waals surface area contributed by atoms with E-state index in [9.17, 15) is 14.7 Å². The van der Waals surface area contributed by atoms with Crippen molar-refractivity contribution in [3.8, 4) is 17.2 Å². The van der Waals surface area contributed by atoms with Crippen LogP contribution in [0.1, 0.15) is 23.6 Å². The molecule has 0 unspecified atom stereocenters. The van der Waals surface area contributed by atoms with Crippen molar-refractivity contribution in [1.29, 1.82) is 0 Å². The van der Waals surface area contributed by atoms with E-state index in [-0.39, 0.29) is 24.9 Å². The number of benzene rings is 2. The molecule has 2 N–H and O–H groups in total. The van der Waals surface area contributed by atoms with Crippen LogP contribution in [0.2, 0.25) is 0 Å². The fourth-order valence-electron chi connectivity index (χ4n) is 3.28. The first-order valence-electron chi connectivity index (χ1n) is 8.96. The molecule has 0 saturated carbocycles. The molecular formula is C21H23NO6. The number of carboxylic acid groups (broad SMARTS) is 1. The van der Waals surface area contributed by atoms with Crippen molar-refractivity contribution in [1.82, 2.24) is 5.32 Å². The zero-order chi connectivity index (χ0) is 20.1. The lowest BCUT2D eigenvalue weighted by molar-refractivity contribution is -0.138. The molecule has 2 aromatic carbocycles. The van der Waals surface area contributed by atoms with Crippen molar-refractivity contribution in [2.45, 2.75) is 18.9 Å². The Bertz CT molecular complexity index is 866. The average Bonchev–Trinajstić information content (AvgIpc) is 2.71. The van der Waals surface area contributed by atoms with Crippen LogP contribution in [0, 0.1) is 5.92 Å². The van der Waals surface area contributed by atoms with E-state index in [1.807, 2.05) is 24.3 Å². The average molecular weight is 385 g/mol. The Kier molecular flexibility index (Phi) is 6.03. The van der Waals surface area contributed by atoms with Crippen LogP contribution >= 0.6 is 0 Å². The quantitative estimate of drug-likeness (QED) is 0.761. The molecule has 0 aromatic heterocycles. The number of hydrogen-bond acceptors (Lipinski definition) is 5. The highest BCUT2D eigenvalue weighted by molar-refractivity contribution is 5.81. The fraction of sp³-hybridized carbons (Fsp3) is 0.333. The fourth-order valence-corrected chi connectivity index (χ4v) is 3.28. The SMILES string of the molecule is COc1ccc([C@H](CC(=O)O)NC(=O)[C@@H]2COc3ccccc3C2)cc1OC. The van der Waals surface area contributed by atoms with Gasteiger partial charge in [-0.25, -0.2) is 0 Å². The molecule has 7 nitrogen and oxygen atoms in total. The summed E-state index contributed by atoms with van der Waals surface area (Å²) in [6.45, 7) is 0.259. The van der Waals surface area contributed by atoms with Crippen LogP contribution < -0.4 is 19.5 Å². The number of carbonyl (C=O) groups excluding carboxylic acids is 1. The molecule has 1 heterocycles. The van der Waals surface area contributed by atoms with Crippen LogP contribution in [0.4, 0.5) is 0 Å². The number of carboxylic acids is 1. The third-order valence-electron chi connectivity index (χ3n) is 4.75. The minimum atomic E-state index is -1.01. The third-order valence-corrected chi connectivity index (χ3v) is 4.75. The lowest BCUT2D eigenvalue weighted by Gasteiger charge is -2.27. The lowest BCUT2D eigenvalue weighted by atomic mass is 9.95. The highest BCUT2D eigenvalue weighted by Crippen LogP contribution is 2.32. The van der Waals surface area contributed by atoms with Gasteiger partial charge in [0.1, 0.15) is 12.4 Å². The molecule has 0 spiro atoms. The predicted molar refractivity (Wildman–Crippen MR) is 102 cm³/mol. The first-order chi connectivity index (χ1) is 13.5. The number of nitrogens with one attached hydrogen (secondary N) is 1. The normalized spacial score (nSPS) is 16.3. The van der Waals surface area contributed by atoms with Crippen LogP contribution in [-0.4, -0.2) is 37.8 Å². The van der Waals surface area contributed by atoms with Crippen LogP contribution in [0.5, 0.6) is 17.2 Å². The van der Waals surface area contributed by atoms with Gasteiger partial charge in [0.15, 0.2) is 11.5 Å². The summed E-state index contributed by atoms with van der Waals surface area (Å²) in [5, 5.41) is 12.2. The maximum Gasteiger partial charge on any atom is 0.305 e. The first-order valence-corrected chi connectivity index (χ1v) is 8.96. The van der Waals surface area contributed by atoms with E-state index < -0.39 is 12.0 Å². The van der Waals surface area contributed by atoms with Gasteiger partial charge in [0.25, 0.3) is 0 Å². The minimum Gasteiger partial charge on any atom is -0.493 e. The van der Waals surface area contributed by atoms with Crippen molar-refractivity contribution < 1.29 is 28.9 Å². The van der Waals surface area contributed by atoms with Crippen molar-refractivity contribution in [2.75, 3.05) is 20.8 Å². The molecule has 2 atom stereocenters. The number of methoxy groups -OCH3 is 2. The van der Waals surface area contributed by atoms with Gasteiger partial charge in [-0.1, -0.05) is 24.3 Å². The highest BCUT2D eigenvalue weighted by Gasteiger charge is 2.28. The van der Waals surface area contributed by atoms with Gasteiger partial charge in [-0.3, -0.25) is 9.59 Å². The van der Waals surface area contributed by atoms with Gasteiger partial charge in [-0.2, -0.15) is 0 Å². The molecule has 28 heavy (non-hydrogen) atoms. The Labute approximate surface area is 163 Å². The number of para-hydroxylation sites is 1. The molecule has 0 saturated heterocycles. The Balaban J connectivity index is 1.78. The maximum absolute atomic E-state index is 12.8. The molecule has 1 aliphatic rings. The number of carbonyl (C=O) groups is 2. The molecule has 1 aliphatic heterocycles. The van der Waals surface area contributed by atoms with E-state index in [2.05, 4.69) is 5.32 Å². The molecule has 2 aromatic rings. The predicted octanol–water partition coefficient (Wildman–Crippen LogP) is 2.59. The number of fused-ring (bicyclic) bond motifs is 1. The van der Waals surface area contributed by atoms with E-state index in [4.69, 9.17) is 14.2 Å². The number of ether oxygens (including phenoxy) is 3. The summed E-state index contributed by atoms with van der Waals surface area (Å²) in [5.74, 6) is 0.157. The summed E-state index contributed by atoms with van der Waals surface area (Å²) >= 11 is 0. The topological polar surface area (TPSA) is 94.1 Å². The number of amides is 1. The molecular weight excluding hydrogens is 362 g/mol. The van der Waals surface area contributed by atoms with Crippen LogP contribution in [-0.2, 0) is 16.0 Å². The largest absolute Gasteiger partial charge is 0.493 e. The van der Waals surface area contributed by atoms with Gasteiger partial charge >= 0.3 is 5.97 Å². The molecule has 0 fully saturated rings. The minimum absolute atomic E-state index is 0.240. The first kappa shape index (κ1) is 19.5. The van der Waals surface area contributed by atoms with E-state index in [1.165, 1.54) is 14.2 Å². The van der Waals surface area contributed by atoms with Crippen LogP contribution in [0.15, 0.2) is 42.5 Å². The van der Waals surface area contributed by atoms with E-state index in [0.29, 0.717) is 23.5 Å². The zero-order valence-electron chi connectivity index (χ0n) is 15.8. The Hall–Kier alpha value is -3.22. The monoisotopic (exact) mass is 385 g/mol. The molecule has 0 bridgehead atoms. The molecule has 0 aliphatic carbocycles. The standard InChI is InChI=1S/C21H23NO6/c1-26-18-8-7-13(10-19(18)27-2)16(11-20(23)24)22-21(25)15-9-14-5-3-4-6-17(14)28-12-15/h3-8,10,15-16H,9,11-12H2,1-2H3,(H,22,25)(H,23,24)/t15-,16-/m0/s1. The van der Waals surface area contributed by atoms with E-state index in [0.717, 1.165) is 11.3 Å². The summed E-state index contributed by atoms with van der Waals surface area (Å²) < 4.78 is 16.2. The molecule has 0 radical (unpaired) electrons. The lowest BCUT2D eigenvalue weighted by Crippen LogP contribution is -2.39. The second kappa shape index (κ2) is 8.65. The van der Waals surface area contributed by atoms with E-state index in [1.54, 1.807) is 18.2 Å². The van der Waals surface area contributed by atoms with Gasteiger partial charge in [0.2, 0.25) is 5.91 Å². The summed E-state index contributed by atoms with van der Waals surface area (Å²) in [4.78, 5) is 24.2. The van der Waals surface area contributed by atoms with Crippen LogP contribution in [0.25, 0.3) is 0 Å². The highest BCUT2D eigenvalue weighted by atomic mass is 16.5. The second-order valence-electron chi connectivity index (χ2n) is 6.59. The van der Waals surface area contributed by atoms with Gasteiger partial charge in [0, 0.05) is 0 Å². The zero-order valence-corrected chi connectivity index (χ0v) is 15.8. The van der Waals surface area contributed by atoms with Crippen molar-refractivity contribution >= 4 is 11.9 Å². The number of hydrogen-bond donors (Lipinski definition) is 2. The Morgan fingerprint density at radius 1 is 1.18 bits per heavy atom. The maximum atomic E-state index is 12.8. The van der Waals surface area contributed by atoms with Crippen molar-refractivity contribution in [2.24, 2.45) is 5.92 Å². The Morgan fingerprint density at radius 3 is 2.64 bits per heavy atom. The summed E-state index contributed by atoms with van der Waals surface area (Å²) in [5.41, 5.74) is 1.60. The van der Waals surface area contributed by atoms with Gasteiger partial charge in [0.05, 0.1) is 32.6 Å². The Morgan fingerprint density at radius 2 is 1.93 bits per heavy atom. The smallest absolute Gasteiger partial charge is 0.305 e. The van der Waals surface area contributed by atoms with Gasteiger partial charge in [-0.15, -0.1) is 0 Å². The molecule has 7 heteroatoms. The summed E-state index contributed by atoms with van der Waals surface area (Å²) in [7, 11) is 3.03. The summed E-state index contributed by atoms with van der Waals surface area (Å²) in [6, 6.07) is 12.0. The number of aliphatic carboxylic acids is 1. The van der Waals surface area contributed by atoms with Crippen LogP contribution in [0.3, 0.4) is 0 Å². The van der Waals surface area contributed by atoms with Crippen molar-refractivity contribution in [3.05, 3.63) is 53.6 Å². The second-order valence-corrected chi connectivity index (χ2v) is 6.59. The van der Waals surface area contributed by atoms with Gasteiger partial charge in [-0.05, 0) is 35.7 Å². The molecule has 3 rings (SSSR count). The molecule has 1 amide bonds. The third kappa shape index (κ3) is 4.36. The van der Waals surface area contributed by atoms with Gasteiger partial charge < -0.3 is 24.6 Å². The number of rotatable bonds is 7. The van der Waals surface area contributed by atoms with Crippen molar-refractivity contribution in [3.63, 3.8) is 0 Å². The molecule has 148 valence electrons. The van der Waals surface area contributed by atoms with E-state index >= 15 is 0 Å². The summed E-state index contributed by atoms with van der Waals surface area (Å²) in [6.07, 6.45) is 0.305.